The van der Waals surface area contributed by atoms with Crippen LogP contribution in [0.4, 0.5) is 11.4 Å². The van der Waals surface area contributed by atoms with Gasteiger partial charge >= 0.3 is 0 Å². The number of nitrogens with one attached hydrogen (secondary N) is 1. The summed E-state index contributed by atoms with van der Waals surface area (Å²) in [6.07, 6.45) is 1.04. The largest absolute Gasteiger partial charge is 0.397 e. The highest BCUT2D eigenvalue weighted by atomic mass is 16.1. The van der Waals surface area contributed by atoms with E-state index in [1.807, 2.05) is 19.1 Å². The molecule has 0 unspecified atom stereocenters. The van der Waals surface area contributed by atoms with Crippen LogP contribution in [0.25, 0.3) is 0 Å². The second-order valence-corrected chi connectivity index (χ2v) is 4.92. The van der Waals surface area contributed by atoms with Crippen molar-refractivity contribution in [1.82, 2.24) is 5.32 Å². The first-order chi connectivity index (χ1) is 9.01. The Labute approximate surface area is 116 Å². The van der Waals surface area contributed by atoms with Crippen LogP contribution in [-0.2, 0) is 0 Å². The summed E-state index contributed by atoms with van der Waals surface area (Å²) in [6, 6.07) is 5.82. The summed E-state index contributed by atoms with van der Waals surface area (Å²) in [5, 5.41) is 2.81. The van der Waals surface area contributed by atoms with Crippen LogP contribution in [0.3, 0.4) is 0 Å². The zero-order chi connectivity index (χ0) is 14.4. The van der Waals surface area contributed by atoms with Crippen molar-refractivity contribution >= 4 is 17.3 Å². The lowest BCUT2D eigenvalue weighted by atomic mass is 10.1. The quantitative estimate of drug-likeness (QED) is 0.776. The van der Waals surface area contributed by atoms with Gasteiger partial charge in [0.25, 0.3) is 5.91 Å². The molecular formula is C15H25N3O. The highest BCUT2D eigenvalue weighted by Crippen LogP contribution is 2.26. The molecule has 0 atom stereocenters. The van der Waals surface area contributed by atoms with Crippen molar-refractivity contribution in [3.63, 3.8) is 0 Å². The first-order valence-electron chi connectivity index (χ1n) is 6.95. The van der Waals surface area contributed by atoms with Gasteiger partial charge in [0.15, 0.2) is 0 Å². The highest BCUT2D eigenvalue weighted by molar-refractivity contribution is 5.96. The molecule has 0 aliphatic rings. The minimum atomic E-state index is -0.0519. The molecule has 3 N–H and O–H groups in total. The van der Waals surface area contributed by atoms with Crippen LogP contribution in [0.5, 0.6) is 0 Å². The number of hydrogen-bond donors (Lipinski definition) is 2. The van der Waals surface area contributed by atoms with Gasteiger partial charge in [-0.2, -0.15) is 0 Å². The van der Waals surface area contributed by atoms with Crippen LogP contribution in [0.1, 0.15) is 44.5 Å². The van der Waals surface area contributed by atoms with Crippen LogP contribution in [-0.4, -0.2) is 25.0 Å². The van der Waals surface area contributed by atoms with Crippen LogP contribution in [0, 0.1) is 0 Å². The van der Waals surface area contributed by atoms with Crippen molar-refractivity contribution in [3.05, 3.63) is 23.8 Å². The molecule has 0 heterocycles. The smallest absolute Gasteiger partial charge is 0.251 e. The van der Waals surface area contributed by atoms with Crippen molar-refractivity contribution < 1.29 is 4.79 Å². The molecule has 4 nitrogen and oxygen atoms in total. The van der Waals surface area contributed by atoms with E-state index < -0.39 is 0 Å². The number of rotatable bonds is 6. The maximum atomic E-state index is 11.9. The fourth-order valence-electron chi connectivity index (χ4n) is 2.09. The molecule has 19 heavy (non-hydrogen) atoms. The highest BCUT2D eigenvalue weighted by Gasteiger charge is 2.15. The molecule has 1 amide bonds. The van der Waals surface area contributed by atoms with Crippen molar-refractivity contribution in [3.8, 4) is 0 Å². The zero-order valence-corrected chi connectivity index (χ0v) is 12.4. The standard InChI is InChI=1S/C15H25N3O/c1-5-9-18(11(3)4)14-10-12(7-8-13(14)16)15(19)17-6-2/h7-8,10-11H,5-6,9,16H2,1-4H3,(H,17,19). The molecule has 1 aromatic rings. The number of nitrogens with two attached hydrogens (primary N) is 1. The molecule has 106 valence electrons. The van der Waals surface area contributed by atoms with Gasteiger partial charge in [0.2, 0.25) is 0 Å². The first kappa shape index (κ1) is 15.3. The second kappa shape index (κ2) is 7.02. The first-order valence-corrected chi connectivity index (χ1v) is 6.95. The summed E-state index contributed by atoms with van der Waals surface area (Å²) in [6.45, 7) is 9.87. The van der Waals surface area contributed by atoms with Gasteiger partial charge in [-0.05, 0) is 45.4 Å². The van der Waals surface area contributed by atoms with Crippen LogP contribution >= 0.6 is 0 Å². The predicted molar refractivity (Wildman–Crippen MR) is 81.6 cm³/mol. The lowest BCUT2D eigenvalue weighted by Crippen LogP contribution is -2.32. The summed E-state index contributed by atoms with van der Waals surface area (Å²) < 4.78 is 0. The molecule has 0 radical (unpaired) electrons. The maximum Gasteiger partial charge on any atom is 0.251 e. The van der Waals surface area contributed by atoms with E-state index >= 15 is 0 Å². The SMILES string of the molecule is CCCN(c1cc(C(=O)NCC)ccc1N)C(C)C. The normalized spacial score (nSPS) is 10.6. The lowest BCUT2D eigenvalue weighted by molar-refractivity contribution is 0.0956. The van der Waals surface area contributed by atoms with Crippen molar-refractivity contribution in [2.45, 2.75) is 40.2 Å². The van der Waals surface area contributed by atoms with Crippen molar-refractivity contribution in [2.75, 3.05) is 23.7 Å². The Morgan fingerprint density at radius 1 is 1.37 bits per heavy atom. The lowest BCUT2D eigenvalue weighted by Gasteiger charge is -2.30. The summed E-state index contributed by atoms with van der Waals surface area (Å²) in [5.41, 5.74) is 8.38. The van der Waals surface area contributed by atoms with Gasteiger partial charge in [0.1, 0.15) is 0 Å². The molecule has 0 spiro atoms. The van der Waals surface area contributed by atoms with Gasteiger partial charge in [0, 0.05) is 24.7 Å². The molecule has 0 aromatic heterocycles. The average Bonchev–Trinajstić information content (AvgIpc) is 2.37. The van der Waals surface area contributed by atoms with Crippen LogP contribution in [0.15, 0.2) is 18.2 Å². The number of nitrogen functional groups attached to an aromatic ring is 1. The number of hydrogen-bond acceptors (Lipinski definition) is 3. The monoisotopic (exact) mass is 263 g/mol. The van der Waals surface area contributed by atoms with Crippen molar-refractivity contribution in [2.24, 2.45) is 0 Å². The molecule has 0 aliphatic heterocycles. The molecule has 4 heteroatoms. The Bertz CT molecular complexity index is 429. The van der Waals surface area contributed by atoms with Crippen LogP contribution in [0.2, 0.25) is 0 Å². The number of benzene rings is 1. The third-order valence-corrected chi connectivity index (χ3v) is 3.03. The Morgan fingerprint density at radius 2 is 2.05 bits per heavy atom. The van der Waals surface area contributed by atoms with E-state index in [1.165, 1.54) is 0 Å². The van der Waals surface area contributed by atoms with E-state index in [2.05, 4.69) is 31.0 Å². The maximum absolute atomic E-state index is 11.9. The Hall–Kier alpha value is -1.71. The molecule has 0 bridgehead atoms. The minimum Gasteiger partial charge on any atom is -0.397 e. The summed E-state index contributed by atoms with van der Waals surface area (Å²) in [5.74, 6) is -0.0519. The fraction of sp³-hybridized carbons (Fsp3) is 0.533. The number of amides is 1. The summed E-state index contributed by atoms with van der Waals surface area (Å²) in [4.78, 5) is 14.1. The summed E-state index contributed by atoms with van der Waals surface area (Å²) in [7, 11) is 0. The number of nitrogens with zero attached hydrogens (tertiary/aromatic N) is 1. The topological polar surface area (TPSA) is 58.4 Å². The van der Waals surface area contributed by atoms with Gasteiger partial charge in [-0.15, -0.1) is 0 Å². The zero-order valence-electron chi connectivity index (χ0n) is 12.4. The average molecular weight is 263 g/mol. The van der Waals surface area contributed by atoms with Gasteiger partial charge in [-0.25, -0.2) is 0 Å². The van der Waals surface area contributed by atoms with Crippen molar-refractivity contribution in [1.29, 1.82) is 0 Å². The Balaban J connectivity index is 3.11. The molecule has 0 aliphatic carbocycles. The molecule has 1 aromatic carbocycles. The van der Waals surface area contributed by atoms with E-state index in [-0.39, 0.29) is 5.91 Å². The number of anilines is 2. The Morgan fingerprint density at radius 3 is 2.58 bits per heavy atom. The van der Waals surface area contributed by atoms with E-state index in [9.17, 15) is 4.79 Å². The van der Waals surface area contributed by atoms with Gasteiger partial charge in [0.05, 0.1) is 11.4 Å². The predicted octanol–water partition coefficient (Wildman–Crippen LogP) is 2.64. The van der Waals surface area contributed by atoms with Crippen LogP contribution < -0.4 is 16.0 Å². The molecular weight excluding hydrogens is 238 g/mol. The fourth-order valence-corrected chi connectivity index (χ4v) is 2.09. The third-order valence-electron chi connectivity index (χ3n) is 3.03. The second-order valence-electron chi connectivity index (χ2n) is 4.92. The van der Waals surface area contributed by atoms with Gasteiger partial charge in [-0.1, -0.05) is 6.92 Å². The molecule has 0 saturated heterocycles. The molecule has 1 rings (SSSR count). The van der Waals surface area contributed by atoms with E-state index in [4.69, 9.17) is 5.73 Å². The molecule has 0 fully saturated rings. The van der Waals surface area contributed by atoms with E-state index in [1.54, 1.807) is 6.07 Å². The number of carbonyl (C=O) groups excluding carboxylic acids is 1. The molecule has 0 saturated carbocycles. The van der Waals surface area contributed by atoms with E-state index in [0.717, 1.165) is 24.3 Å². The minimum absolute atomic E-state index is 0.0519. The number of carbonyl (C=O) groups is 1. The summed E-state index contributed by atoms with van der Waals surface area (Å²) >= 11 is 0. The van der Waals surface area contributed by atoms with E-state index in [0.29, 0.717) is 18.2 Å². The van der Waals surface area contributed by atoms with Gasteiger partial charge < -0.3 is 16.0 Å². The van der Waals surface area contributed by atoms with Gasteiger partial charge in [-0.3, -0.25) is 4.79 Å². The third kappa shape index (κ3) is 3.88. The Kier molecular flexibility index (Phi) is 5.67.